The summed E-state index contributed by atoms with van der Waals surface area (Å²) in [5.41, 5.74) is 0.869. The number of aromatic nitrogens is 2. The van der Waals surface area contributed by atoms with Crippen molar-refractivity contribution in [1.29, 1.82) is 0 Å². The average molecular weight is 378 g/mol. The molecule has 2 atom stereocenters. The molecule has 4 rings (SSSR count). The van der Waals surface area contributed by atoms with E-state index in [0.29, 0.717) is 16.4 Å². The second-order valence-corrected chi connectivity index (χ2v) is 8.08. The minimum Gasteiger partial charge on any atom is -0.506 e. The fraction of sp³-hybridized carbons (Fsp3) is 0.389. The van der Waals surface area contributed by atoms with Crippen LogP contribution in [0.5, 0.6) is 5.75 Å². The van der Waals surface area contributed by atoms with Crippen LogP contribution < -0.4 is 0 Å². The summed E-state index contributed by atoms with van der Waals surface area (Å²) in [6.07, 6.45) is 3.13. The first-order valence-corrected chi connectivity index (χ1v) is 8.88. The normalized spacial score (nSPS) is 24.5. The van der Waals surface area contributed by atoms with Crippen molar-refractivity contribution in [3.05, 3.63) is 40.0 Å². The molecule has 7 heteroatoms. The van der Waals surface area contributed by atoms with Gasteiger partial charge in [0.25, 0.3) is 0 Å². The first kappa shape index (κ1) is 16.6. The topological polar surface area (TPSA) is 67.5 Å². The number of aromatic hydroxyl groups is 1. The zero-order valence-corrected chi connectivity index (χ0v) is 15.3. The van der Waals surface area contributed by atoms with Crippen LogP contribution in [0.4, 0.5) is 5.82 Å². The molecule has 1 saturated carbocycles. The number of hydrogen-bond donors (Lipinski definition) is 1. The molecule has 0 saturated heterocycles. The molecule has 1 N–H and O–H groups in total. The van der Waals surface area contributed by atoms with Crippen LogP contribution in [0.2, 0.25) is 10.0 Å². The van der Waals surface area contributed by atoms with Crippen molar-refractivity contribution in [2.24, 2.45) is 16.3 Å². The van der Waals surface area contributed by atoms with Gasteiger partial charge in [0.15, 0.2) is 5.82 Å². The van der Waals surface area contributed by atoms with Crippen LogP contribution in [0.1, 0.15) is 38.3 Å². The molecule has 25 heavy (non-hydrogen) atoms. The van der Waals surface area contributed by atoms with Gasteiger partial charge in [0.2, 0.25) is 0 Å². The molecule has 1 aliphatic heterocycles. The lowest BCUT2D eigenvalue weighted by atomic mass is 9.66. The van der Waals surface area contributed by atoms with Crippen molar-refractivity contribution in [3.63, 3.8) is 0 Å². The van der Waals surface area contributed by atoms with Crippen LogP contribution in [0.3, 0.4) is 0 Å². The minimum atomic E-state index is -0.513. The Morgan fingerprint density at radius 1 is 1.32 bits per heavy atom. The SMILES string of the molecule is CC1(C)CCC2=Nc3ccnn3C(c3cc(Cl)cc(Cl)c3O)C2C1=O. The maximum Gasteiger partial charge on any atom is 0.150 e. The van der Waals surface area contributed by atoms with E-state index in [-0.39, 0.29) is 16.6 Å². The molecular formula is C18H17Cl2N3O2. The van der Waals surface area contributed by atoms with E-state index >= 15 is 0 Å². The van der Waals surface area contributed by atoms with Gasteiger partial charge in [-0.25, -0.2) is 9.67 Å². The summed E-state index contributed by atoms with van der Waals surface area (Å²) in [7, 11) is 0. The van der Waals surface area contributed by atoms with Gasteiger partial charge in [-0.15, -0.1) is 0 Å². The Balaban J connectivity index is 1.96. The number of benzene rings is 1. The van der Waals surface area contributed by atoms with Crippen molar-refractivity contribution in [1.82, 2.24) is 9.78 Å². The molecule has 2 unspecified atom stereocenters. The molecule has 130 valence electrons. The maximum absolute atomic E-state index is 13.2. The zero-order valence-electron chi connectivity index (χ0n) is 13.8. The van der Waals surface area contributed by atoms with Crippen molar-refractivity contribution >= 4 is 40.5 Å². The number of nitrogens with zero attached hydrogens (tertiary/aromatic N) is 3. The molecule has 2 heterocycles. The molecule has 0 amide bonds. The average Bonchev–Trinajstić information content (AvgIpc) is 3.01. The Morgan fingerprint density at radius 3 is 2.84 bits per heavy atom. The highest BCUT2D eigenvalue weighted by atomic mass is 35.5. The molecule has 1 aliphatic carbocycles. The summed E-state index contributed by atoms with van der Waals surface area (Å²) in [6, 6.07) is 4.41. The van der Waals surface area contributed by atoms with Crippen LogP contribution in [-0.2, 0) is 4.79 Å². The predicted octanol–water partition coefficient (Wildman–Crippen LogP) is 4.58. The standard InChI is InChI=1S/C18H17Cl2N3O2/c1-18(2)5-3-12-14(17(18)25)15(23-13(22-12)4-6-21-23)10-7-9(19)8-11(20)16(10)24/h4,6-8,14-15,24H,3,5H2,1-2H3. The van der Waals surface area contributed by atoms with Crippen LogP contribution >= 0.6 is 23.2 Å². The highest BCUT2D eigenvalue weighted by Gasteiger charge is 2.48. The van der Waals surface area contributed by atoms with Crippen LogP contribution in [0.15, 0.2) is 29.4 Å². The number of hydrogen-bond acceptors (Lipinski definition) is 4. The van der Waals surface area contributed by atoms with Crippen molar-refractivity contribution in [2.45, 2.75) is 32.7 Å². The van der Waals surface area contributed by atoms with E-state index in [1.54, 1.807) is 23.0 Å². The van der Waals surface area contributed by atoms with Crippen LogP contribution in [0.25, 0.3) is 0 Å². The second kappa shape index (κ2) is 5.58. The Hall–Kier alpha value is -1.85. The number of Topliss-reactive ketones (excluding diaryl/α,β-unsaturated/α-hetero) is 1. The smallest absolute Gasteiger partial charge is 0.150 e. The first-order valence-electron chi connectivity index (χ1n) is 8.13. The van der Waals surface area contributed by atoms with E-state index in [0.717, 1.165) is 18.6 Å². The molecule has 2 aliphatic rings. The number of carbonyl (C=O) groups excluding carboxylic acids is 1. The molecule has 0 radical (unpaired) electrons. The summed E-state index contributed by atoms with van der Waals surface area (Å²) < 4.78 is 1.68. The highest BCUT2D eigenvalue weighted by Crippen LogP contribution is 2.48. The minimum absolute atomic E-state index is 0.0741. The molecule has 0 spiro atoms. The maximum atomic E-state index is 13.2. The van der Waals surface area contributed by atoms with Crippen LogP contribution in [0, 0.1) is 11.3 Å². The number of halogens is 2. The summed E-state index contributed by atoms with van der Waals surface area (Å²) in [5, 5.41) is 15.5. The quantitative estimate of drug-likeness (QED) is 0.790. The van der Waals surface area contributed by atoms with E-state index in [1.807, 2.05) is 13.8 Å². The number of ketones is 1. The Morgan fingerprint density at radius 2 is 2.08 bits per heavy atom. The predicted molar refractivity (Wildman–Crippen MR) is 97.1 cm³/mol. The first-order chi connectivity index (χ1) is 11.8. The molecule has 1 aromatic carbocycles. The van der Waals surface area contributed by atoms with Gasteiger partial charge in [0.05, 0.1) is 23.2 Å². The third-order valence-electron chi connectivity index (χ3n) is 5.18. The lowest BCUT2D eigenvalue weighted by Gasteiger charge is -2.41. The summed E-state index contributed by atoms with van der Waals surface area (Å²) in [6.45, 7) is 3.90. The van der Waals surface area contributed by atoms with E-state index < -0.39 is 17.4 Å². The van der Waals surface area contributed by atoms with Gasteiger partial charge in [-0.05, 0) is 25.0 Å². The highest BCUT2D eigenvalue weighted by molar-refractivity contribution is 6.35. The summed E-state index contributed by atoms with van der Waals surface area (Å²) in [4.78, 5) is 17.9. The number of phenolic OH excluding ortho intramolecular Hbond substituents is 1. The van der Waals surface area contributed by atoms with E-state index in [4.69, 9.17) is 23.2 Å². The van der Waals surface area contributed by atoms with Crippen molar-refractivity contribution in [3.8, 4) is 5.75 Å². The van der Waals surface area contributed by atoms with E-state index in [2.05, 4.69) is 10.1 Å². The third kappa shape index (κ3) is 2.49. The van der Waals surface area contributed by atoms with Gasteiger partial charge >= 0.3 is 0 Å². The van der Waals surface area contributed by atoms with E-state index in [1.165, 1.54) is 6.07 Å². The number of fused-ring (bicyclic) bond motifs is 2. The molecule has 1 fully saturated rings. The molecule has 2 aromatic rings. The molecule has 5 nitrogen and oxygen atoms in total. The monoisotopic (exact) mass is 377 g/mol. The zero-order chi connectivity index (χ0) is 17.9. The van der Waals surface area contributed by atoms with Gasteiger partial charge in [0.1, 0.15) is 11.5 Å². The number of carbonyl (C=O) groups is 1. The fourth-order valence-corrected chi connectivity index (χ4v) is 4.27. The Labute approximate surface area is 155 Å². The molecular weight excluding hydrogens is 361 g/mol. The van der Waals surface area contributed by atoms with Gasteiger partial charge in [-0.1, -0.05) is 37.0 Å². The van der Waals surface area contributed by atoms with Gasteiger partial charge in [-0.2, -0.15) is 5.10 Å². The number of phenols is 1. The Bertz CT molecular complexity index is 917. The van der Waals surface area contributed by atoms with Gasteiger partial charge < -0.3 is 5.11 Å². The fourth-order valence-electron chi connectivity index (χ4n) is 3.76. The lowest BCUT2D eigenvalue weighted by molar-refractivity contribution is -0.131. The molecule has 0 bridgehead atoms. The van der Waals surface area contributed by atoms with Crippen molar-refractivity contribution < 1.29 is 9.90 Å². The third-order valence-corrected chi connectivity index (χ3v) is 5.68. The van der Waals surface area contributed by atoms with Gasteiger partial charge in [0, 0.05) is 27.8 Å². The second-order valence-electron chi connectivity index (χ2n) is 7.23. The van der Waals surface area contributed by atoms with E-state index in [9.17, 15) is 9.90 Å². The number of aliphatic imine (C=N–C) groups is 1. The lowest BCUT2D eigenvalue weighted by Crippen LogP contribution is -2.46. The molecule has 1 aromatic heterocycles. The Kier molecular flexibility index (Phi) is 3.71. The van der Waals surface area contributed by atoms with Gasteiger partial charge in [-0.3, -0.25) is 4.79 Å². The number of rotatable bonds is 1. The summed E-state index contributed by atoms with van der Waals surface area (Å²) in [5.74, 6) is 0.199. The summed E-state index contributed by atoms with van der Waals surface area (Å²) >= 11 is 12.3. The largest absolute Gasteiger partial charge is 0.506 e. The van der Waals surface area contributed by atoms with Crippen LogP contribution in [-0.4, -0.2) is 26.4 Å². The van der Waals surface area contributed by atoms with Crippen molar-refractivity contribution in [2.75, 3.05) is 0 Å².